The summed E-state index contributed by atoms with van der Waals surface area (Å²) in [5.74, 6) is 0. The van der Waals surface area contributed by atoms with Crippen LogP contribution in [0.2, 0.25) is 0 Å². The summed E-state index contributed by atoms with van der Waals surface area (Å²) in [7, 11) is 1.75. The molecule has 0 aromatic carbocycles. The van der Waals surface area contributed by atoms with Crippen LogP contribution in [0.5, 0.6) is 0 Å². The van der Waals surface area contributed by atoms with Crippen LogP contribution in [0, 0.1) is 0 Å². The third-order valence-electron chi connectivity index (χ3n) is 1.33. The van der Waals surface area contributed by atoms with Crippen LogP contribution in [-0.2, 0) is 4.74 Å². The molecule has 74 valence electrons. The second-order valence-corrected chi connectivity index (χ2v) is 2.63. The van der Waals surface area contributed by atoms with Crippen LogP contribution in [0.4, 0.5) is 13.2 Å². The molecule has 5 heteroatoms. The number of halogens is 3. The zero-order valence-corrected chi connectivity index (χ0v) is 7.24. The number of alkyl halides is 3. The highest BCUT2D eigenvalue weighted by atomic mass is 19.4. The number of hydrogen-bond acceptors (Lipinski definition) is 2. The lowest BCUT2D eigenvalue weighted by molar-refractivity contribution is -0.183. The fourth-order valence-corrected chi connectivity index (χ4v) is 0.668. The zero-order valence-electron chi connectivity index (χ0n) is 7.24. The van der Waals surface area contributed by atoms with Crippen molar-refractivity contribution in [1.82, 2.24) is 5.32 Å². The van der Waals surface area contributed by atoms with Crippen LogP contribution in [0.15, 0.2) is 0 Å². The van der Waals surface area contributed by atoms with E-state index in [1.54, 1.807) is 14.0 Å². The van der Waals surface area contributed by atoms with Crippen LogP contribution in [0.3, 0.4) is 0 Å². The first-order valence-electron chi connectivity index (χ1n) is 3.78. The SMILES string of the molecule is CNCCC(C)OCC(F)(F)F. The van der Waals surface area contributed by atoms with Crippen molar-refractivity contribution < 1.29 is 17.9 Å². The van der Waals surface area contributed by atoms with E-state index in [0.29, 0.717) is 13.0 Å². The summed E-state index contributed by atoms with van der Waals surface area (Å²) in [4.78, 5) is 0. The minimum atomic E-state index is -4.21. The predicted molar refractivity (Wildman–Crippen MR) is 40.0 cm³/mol. The Morgan fingerprint density at radius 2 is 2.00 bits per heavy atom. The maximum atomic E-state index is 11.6. The van der Waals surface area contributed by atoms with Crippen molar-refractivity contribution in [2.45, 2.75) is 25.6 Å². The third kappa shape index (κ3) is 7.81. The van der Waals surface area contributed by atoms with Gasteiger partial charge in [0.15, 0.2) is 0 Å². The van der Waals surface area contributed by atoms with Gasteiger partial charge in [-0.05, 0) is 26.9 Å². The van der Waals surface area contributed by atoms with Gasteiger partial charge < -0.3 is 10.1 Å². The van der Waals surface area contributed by atoms with E-state index in [2.05, 4.69) is 10.1 Å². The standard InChI is InChI=1S/C7H14F3NO/c1-6(3-4-11-2)12-5-7(8,9)10/h6,11H,3-5H2,1-2H3. The first-order chi connectivity index (χ1) is 5.45. The van der Waals surface area contributed by atoms with E-state index < -0.39 is 12.8 Å². The van der Waals surface area contributed by atoms with Crippen LogP contribution in [0.1, 0.15) is 13.3 Å². The molecule has 0 aliphatic heterocycles. The molecule has 1 N–H and O–H groups in total. The van der Waals surface area contributed by atoms with Gasteiger partial charge in [-0.3, -0.25) is 0 Å². The highest BCUT2D eigenvalue weighted by molar-refractivity contribution is 4.54. The van der Waals surface area contributed by atoms with Crippen molar-refractivity contribution in [3.05, 3.63) is 0 Å². The Hall–Kier alpha value is -0.290. The second-order valence-electron chi connectivity index (χ2n) is 2.63. The average molecular weight is 185 g/mol. The lowest BCUT2D eigenvalue weighted by Gasteiger charge is -2.13. The van der Waals surface area contributed by atoms with Crippen molar-refractivity contribution in [1.29, 1.82) is 0 Å². The number of ether oxygens (including phenoxy) is 1. The van der Waals surface area contributed by atoms with Crippen molar-refractivity contribution in [2.24, 2.45) is 0 Å². The van der Waals surface area contributed by atoms with E-state index in [0.717, 1.165) is 0 Å². The Balaban J connectivity index is 3.37. The summed E-state index contributed by atoms with van der Waals surface area (Å²) >= 11 is 0. The van der Waals surface area contributed by atoms with Gasteiger partial charge in [0.05, 0.1) is 6.10 Å². The van der Waals surface area contributed by atoms with Gasteiger partial charge in [-0.25, -0.2) is 0 Å². The van der Waals surface area contributed by atoms with Gasteiger partial charge >= 0.3 is 6.18 Å². The van der Waals surface area contributed by atoms with Gasteiger partial charge in [-0.15, -0.1) is 0 Å². The van der Waals surface area contributed by atoms with E-state index >= 15 is 0 Å². The lowest BCUT2D eigenvalue weighted by atomic mass is 10.3. The molecular formula is C7H14F3NO. The molecule has 12 heavy (non-hydrogen) atoms. The largest absolute Gasteiger partial charge is 0.411 e. The van der Waals surface area contributed by atoms with Crippen molar-refractivity contribution in [2.75, 3.05) is 20.2 Å². The molecule has 0 spiro atoms. The first-order valence-corrected chi connectivity index (χ1v) is 3.78. The summed E-state index contributed by atoms with van der Waals surface area (Å²) in [5, 5.41) is 2.83. The molecule has 0 radical (unpaired) electrons. The van der Waals surface area contributed by atoms with E-state index in [9.17, 15) is 13.2 Å². The quantitative estimate of drug-likeness (QED) is 0.701. The maximum absolute atomic E-state index is 11.6. The number of rotatable bonds is 5. The molecule has 0 aromatic heterocycles. The topological polar surface area (TPSA) is 21.3 Å². The fraction of sp³-hybridized carbons (Fsp3) is 1.00. The first kappa shape index (κ1) is 11.7. The molecule has 1 unspecified atom stereocenters. The van der Waals surface area contributed by atoms with Crippen LogP contribution >= 0.6 is 0 Å². The molecule has 0 aliphatic carbocycles. The summed E-state index contributed by atoms with van der Waals surface area (Å²) in [6, 6.07) is 0. The molecule has 0 fully saturated rings. The molecule has 0 aliphatic rings. The Kier molecular flexibility index (Phi) is 5.24. The molecule has 0 rings (SSSR count). The van der Waals surface area contributed by atoms with Gasteiger partial charge in [0.2, 0.25) is 0 Å². The van der Waals surface area contributed by atoms with Crippen LogP contribution in [-0.4, -0.2) is 32.5 Å². The van der Waals surface area contributed by atoms with E-state index in [4.69, 9.17) is 0 Å². The second kappa shape index (κ2) is 5.37. The van der Waals surface area contributed by atoms with Crippen LogP contribution < -0.4 is 5.32 Å². The molecule has 0 aromatic rings. The zero-order chi connectivity index (χ0) is 9.61. The molecule has 0 amide bonds. The van der Waals surface area contributed by atoms with Gasteiger partial charge in [-0.1, -0.05) is 0 Å². The molecule has 0 heterocycles. The molecule has 0 saturated heterocycles. The third-order valence-corrected chi connectivity index (χ3v) is 1.33. The molecule has 0 saturated carbocycles. The fourth-order valence-electron chi connectivity index (χ4n) is 0.668. The highest BCUT2D eigenvalue weighted by Crippen LogP contribution is 2.15. The van der Waals surface area contributed by atoms with Gasteiger partial charge in [0.1, 0.15) is 6.61 Å². The monoisotopic (exact) mass is 185 g/mol. The maximum Gasteiger partial charge on any atom is 0.411 e. The molecule has 0 bridgehead atoms. The normalized spacial score (nSPS) is 14.8. The predicted octanol–water partition coefficient (Wildman–Crippen LogP) is 1.56. The molecular weight excluding hydrogens is 171 g/mol. The Labute approximate surface area is 70.1 Å². The summed E-state index contributed by atoms with van der Waals surface area (Å²) in [6.45, 7) is 1.14. The Morgan fingerprint density at radius 1 is 1.42 bits per heavy atom. The summed E-state index contributed by atoms with van der Waals surface area (Å²) in [5.41, 5.74) is 0. The highest BCUT2D eigenvalue weighted by Gasteiger charge is 2.28. The Bertz CT molecular complexity index is 116. The minimum absolute atomic E-state index is 0.348. The minimum Gasteiger partial charge on any atom is -0.369 e. The van der Waals surface area contributed by atoms with E-state index in [-0.39, 0.29) is 6.10 Å². The number of nitrogens with one attached hydrogen (secondary N) is 1. The van der Waals surface area contributed by atoms with Crippen molar-refractivity contribution in [3.63, 3.8) is 0 Å². The molecule has 2 nitrogen and oxygen atoms in total. The smallest absolute Gasteiger partial charge is 0.369 e. The van der Waals surface area contributed by atoms with Gasteiger partial charge in [0, 0.05) is 0 Å². The van der Waals surface area contributed by atoms with Crippen molar-refractivity contribution >= 4 is 0 Å². The van der Waals surface area contributed by atoms with Crippen LogP contribution in [0.25, 0.3) is 0 Å². The van der Waals surface area contributed by atoms with Gasteiger partial charge in [-0.2, -0.15) is 13.2 Å². The molecule has 1 atom stereocenters. The van der Waals surface area contributed by atoms with Gasteiger partial charge in [0.25, 0.3) is 0 Å². The Morgan fingerprint density at radius 3 is 2.42 bits per heavy atom. The summed E-state index contributed by atoms with van der Waals surface area (Å²) in [6.07, 6.45) is -3.97. The number of hydrogen-bond donors (Lipinski definition) is 1. The van der Waals surface area contributed by atoms with E-state index in [1.165, 1.54) is 0 Å². The summed E-state index contributed by atoms with van der Waals surface area (Å²) < 4.78 is 39.3. The van der Waals surface area contributed by atoms with E-state index in [1.807, 2.05) is 0 Å². The average Bonchev–Trinajstić information content (AvgIpc) is 1.95. The lowest BCUT2D eigenvalue weighted by Crippen LogP contribution is -2.24. The van der Waals surface area contributed by atoms with Crippen molar-refractivity contribution in [3.8, 4) is 0 Å².